The number of hydrogen-bond donors (Lipinski definition) is 1. The van der Waals surface area contributed by atoms with Crippen molar-refractivity contribution in [3.05, 3.63) is 72.1 Å². The summed E-state index contributed by atoms with van der Waals surface area (Å²) in [6.07, 6.45) is 4.40. The number of piperidine rings is 1. The Labute approximate surface area is 179 Å². The van der Waals surface area contributed by atoms with E-state index in [9.17, 15) is 0 Å². The molecular formula is C22H27Cl2N3O. The SMILES string of the molecule is COc1cccc(-c2ncc(CN3CCC(c4ccccc4)CC3)[nH]2)c1.Cl.Cl. The highest BCUT2D eigenvalue weighted by molar-refractivity contribution is 5.85. The van der Waals surface area contributed by atoms with Gasteiger partial charge in [0.05, 0.1) is 7.11 Å². The van der Waals surface area contributed by atoms with Crippen molar-refractivity contribution in [2.24, 2.45) is 0 Å². The summed E-state index contributed by atoms with van der Waals surface area (Å²) in [7, 11) is 1.69. The smallest absolute Gasteiger partial charge is 0.137 e. The Morgan fingerprint density at radius 1 is 1.04 bits per heavy atom. The third-order valence-corrected chi connectivity index (χ3v) is 5.22. The lowest BCUT2D eigenvalue weighted by molar-refractivity contribution is 0.203. The normalized spacial score (nSPS) is 14.8. The third kappa shape index (κ3) is 5.28. The topological polar surface area (TPSA) is 41.1 Å². The molecule has 0 amide bonds. The van der Waals surface area contributed by atoms with Gasteiger partial charge < -0.3 is 9.72 Å². The van der Waals surface area contributed by atoms with E-state index in [4.69, 9.17) is 4.74 Å². The first-order valence-electron chi connectivity index (χ1n) is 9.27. The number of aromatic nitrogens is 2. The molecule has 0 radical (unpaired) electrons. The Hall–Kier alpha value is -2.01. The van der Waals surface area contributed by atoms with E-state index in [1.165, 1.54) is 24.1 Å². The molecule has 150 valence electrons. The molecule has 1 fully saturated rings. The van der Waals surface area contributed by atoms with E-state index in [0.29, 0.717) is 5.92 Å². The molecule has 2 aromatic carbocycles. The maximum atomic E-state index is 5.30. The molecular weight excluding hydrogens is 393 g/mol. The lowest BCUT2D eigenvalue weighted by Crippen LogP contribution is -2.32. The molecule has 0 bridgehead atoms. The molecule has 0 aliphatic carbocycles. The van der Waals surface area contributed by atoms with E-state index in [1.54, 1.807) is 7.11 Å². The minimum absolute atomic E-state index is 0. The van der Waals surface area contributed by atoms with Crippen molar-refractivity contribution in [3.63, 3.8) is 0 Å². The van der Waals surface area contributed by atoms with Gasteiger partial charge in [0.2, 0.25) is 0 Å². The highest BCUT2D eigenvalue weighted by atomic mass is 35.5. The van der Waals surface area contributed by atoms with Crippen LogP contribution in [0.4, 0.5) is 0 Å². The van der Waals surface area contributed by atoms with E-state index in [1.807, 2.05) is 24.4 Å². The number of imidazole rings is 1. The van der Waals surface area contributed by atoms with Gasteiger partial charge in [-0.3, -0.25) is 4.90 Å². The van der Waals surface area contributed by atoms with Gasteiger partial charge in [0, 0.05) is 24.0 Å². The molecule has 1 saturated heterocycles. The van der Waals surface area contributed by atoms with Gasteiger partial charge in [0.15, 0.2) is 0 Å². The second kappa shape index (κ2) is 10.5. The molecule has 1 aliphatic rings. The summed E-state index contributed by atoms with van der Waals surface area (Å²) < 4.78 is 5.30. The number of nitrogens with zero attached hydrogens (tertiary/aromatic N) is 2. The first-order valence-corrected chi connectivity index (χ1v) is 9.27. The summed E-state index contributed by atoms with van der Waals surface area (Å²) in [5.74, 6) is 2.45. The number of halogens is 2. The van der Waals surface area contributed by atoms with Crippen molar-refractivity contribution in [1.29, 1.82) is 0 Å². The summed E-state index contributed by atoms with van der Waals surface area (Å²) in [5.41, 5.74) is 3.70. The van der Waals surface area contributed by atoms with E-state index in [2.05, 4.69) is 51.3 Å². The van der Waals surface area contributed by atoms with Gasteiger partial charge in [-0.1, -0.05) is 42.5 Å². The first kappa shape index (κ1) is 22.3. The van der Waals surface area contributed by atoms with Gasteiger partial charge in [-0.2, -0.15) is 0 Å². The van der Waals surface area contributed by atoms with Gasteiger partial charge in [-0.05, 0) is 49.5 Å². The number of aromatic amines is 1. The summed E-state index contributed by atoms with van der Waals surface area (Å²) in [6.45, 7) is 3.19. The van der Waals surface area contributed by atoms with Crippen molar-refractivity contribution >= 4 is 24.8 Å². The zero-order chi connectivity index (χ0) is 17.8. The number of rotatable bonds is 5. The van der Waals surface area contributed by atoms with Crippen molar-refractivity contribution in [2.75, 3.05) is 20.2 Å². The van der Waals surface area contributed by atoms with Crippen LogP contribution in [0.25, 0.3) is 11.4 Å². The van der Waals surface area contributed by atoms with Crippen LogP contribution in [0.2, 0.25) is 0 Å². The van der Waals surface area contributed by atoms with Crippen LogP contribution < -0.4 is 4.74 Å². The summed E-state index contributed by atoms with van der Waals surface area (Å²) in [4.78, 5) is 10.5. The van der Waals surface area contributed by atoms with Crippen LogP contribution in [0.5, 0.6) is 5.75 Å². The highest BCUT2D eigenvalue weighted by Crippen LogP contribution is 2.28. The van der Waals surface area contributed by atoms with E-state index >= 15 is 0 Å². The lowest BCUT2D eigenvalue weighted by atomic mass is 9.89. The minimum Gasteiger partial charge on any atom is -0.497 e. The van der Waals surface area contributed by atoms with Crippen LogP contribution in [0.3, 0.4) is 0 Å². The monoisotopic (exact) mass is 419 g/mol. The molecule has 3 aromatic rings. The van der Waals surface area contributed by atoms with E-state index < -0.39 is 0 Å². The molecule has 2 heterocycles. The van der Waals surface area contributed by atoms with Crippen LogP contribution in [-0.4, -0.2) is 35.1 Å². The van der Waals surface area contributed by atoms with E-state index in [-0.39, 0.29) is 24.8 Å². The van der Waals surface area contributed by atoms with Crippen LogP contribution in [0.1, 0.15) is 30.0 Å². The Bertz CT molecular complexity index is 846. The predicted molar refractivity (Wildman–Crippen MR) is 119 cm³/mol. The fourth-order valence-corrected chi connectivity index (χ4v) is 3.75. The molecule has 1 N–H and O–H groups in total. The summed E-state index contributed by atoms with van der Waals surface area (Å²) in [5, 5.41) is 0. The molecule has 0 unspecified atom stereocenters. The Balaban J connectivity index is 0.00000140. The van der Waals surface area contributed by atoms with Crippen molar-refractivity contribution < 1.29 is 4.74 Å². The maximum absolute atomic E-state index is 5.30. The standard InChI is InChI=1S/C22H25N3O.2ClH/c1-26-21-9-5-8-19(14-21)22-23-15-20(24-22)16-25-12-10-18(11-13-25)17-6-3-2-4-7-17;;/h2-9,14-15,18H,10-13,16H2,1H3,(H,23,24);2*1H. The highest BCUT2D eigenvalue weighted by Gasteiger charge is 2.21. The molecule has 1 aliphatic heterocycles. The Kier molecular flexibility index (Phi) is 8.36. The number of ether oxygens (including phenoxy) is 1. The number of nitrogens with one attached hydrogen (secondary N) is 1. The quantitative estimate of drug-likeness (QED) is 0.608. The van der Waals surface area contributed by atoms with Gasteiger partial charge in [-0.25, -0.2) is 4.98 Å². The lowest BCUT2D eigenvalue weighted by Gasteiger charge is -2.31. The first-order chi connectivity index (χ1) is 12.8. The summed E-state index contributed by atoms with van der Waals surface area (Å²) >= 11 is 0. The largest absolute Gasteiger partial charge is 0.497 e. The van der Waals surface area contributed by atoms with Crippen LogP contribution in [0, 0.1) is 0 Å². The summed E-state index contributed by atoms with van der Waals surface area (Å²) in [6, 6.07) is 18.9. The zero-order valence-corrected chi connectivity index (χ0v) is 17.6. The number of H-pyrrole nitrogens is 1. The van der Waals surface area contributed by atoms with Gasteiger partial charge in [0.25, 0.3) is 0 Å². The minimum atomic E-state index is 0. The maximum Gasteiger partial charge on any atom is 0.137 e. The van der Waals surface area contributed by atoms with Gasteiger partial charge >= 0.3 is 0 Å². The molecule has 0 spiro atoms. The van der Waals surface area contributed by atoms with Crippen molar-refractivity contribution in [1.82, 2.24) is 14.9 Å². The van der Waals surface area contributed by atoms with E-state index in [0.717, 1.165) is 36.8 Å². The second-order valence-corrected chi connectivity index (χ2v) is 6.95. The number of hydrogen-bond acceptors (Lipinski definition) is 3. The number of methoxy groups -OCH3 is 1. The van der Waals surface area contributed by atoms with Crippen LogP contribution in [-0.2, 0) is 6.54 Å². The average Bonchev–Trinajstić information content (AvgIpc) is 3.18. The number of likely N-dealkylation sites (tertiary alicyclic amines) is 1. The molecule has 0 atom stereocenters. The van der Waals surface area contributed by atoms with Gasteiger partial charge in [0.1, 0.15) is 11.6 Å². The number of benzene rings is 2. The fourth-order valence-electron chi connectivity index (χ4n) is 3.75. The van der Waals surface area contributed by atoms with Crippen molar-refractivity contribution in [3.8, 4) is 17.1 Å². The zero-order valence-electron chi connectivity index (χ0n) is 16.0. The third-order valence-electron chi connectivity index (χ3n) is 5.22. The Morgan fingerprint density at radius 2 is 1.79 bits per heavy atom. The van der Waals surface area contributed by atoms with Crippen molar-refractivity contribution in [2.45, 2.75) is 25.3 Å². The Morgan fingerprint density at radius 3 is 2.50 bits per heavy atom. The second-order valence-electron chi connectivity index (χ2n) is 6.95. The molecule has 4 nitrogen and oxygen atoms in total. The molecule has 0 saturated carbocycles. The molecule has 6 heteroatoms. The molecule has 4 rings (SSSR count). The van der Waals surface area contributed by atoms with Crippen LogP contribution >= 0.6 is 24.8 Å². The fraction of sp³-hybridized carbons (Fsp3) is 0.318. The van der Waals surface area contributed by atoms with Gasteiger partial charge in [-0.15, -0.1) is 24.8 Å². The molecule has 28 heavy (non-hydrogen) atoms. The average molecular weight is 420 g/mol. The van der Waals surface area contributed by atoms with Crippen LogP contribution in [0.15, 0.2) is 60.8 Å². The predicted octanol–water partition coefficient (Wildman–Crippen LogP) is 5.31. The molecule has 1 aromatic heterocycles.